The van der Waals surface area contributed by atoms with E-state index >= 15 is 0 Å². The highest BCUT2D eigenvalue weighted by Gasteiger charge is 2.60. The molecule has 10 rings (SSSR count). The lowest BCUT2D eigenvalue weighted by atomic mass is 9.95. The number of rotatable bonds is 14. The van der Waals surface area contributed by atoms with Crippen molar-refractivity contribution in [1.82, 2.24) is 0 Å². The van der Waals surface area contributed by atoms with Gasteiger partial charge in [0.05, 0.1) is 44.7 Å². The van der Waals surface area contributed by atoms with Crippen LogP contribution in [0.3, 0.4) is 0 Å². The Balaban J connectivity index is 1.07. The molecule has 6 heterocycles. The molecule has 0 aromatic heterocycles. The zero-order valence-electron chi connectivity index (χ0n) is 47.2. The average molecular weight is 1110 g/mol. The van der Waals surface area contributed by atoms with E-state index in [1.807, 2.05) is 149 Å². The quantitative estimate of drug-likeness (QED) is 0.0670. The first-order chi connectivity index (χ1) is 39.1. The Bertz CT molecular complexity index is 2480. The van der Waals surface area contributed by atoms with Crippen LogP contribution in [-0.2, 0) is 90.9 Å². The van der Waals surface area contributed by atoms with Crippen LogP contribution < -0.4 is 0 Å². The van der Waals surface area contributed by atoms with Gasteiger partial charge in [0.15, 0.2) is 37.1 Å². The van der Waals surface area contributed by atoms with Crippen molar-refractivity contribution < 1.29 is 71.1 Å². The van der Waals surface area contributed by atoms with Crippen LogP contribution in [0.4, 0.5) is 0 Å². The van der Waals surface area contributed by atoms with Gasteiger partial charge in [-0.1, -0.05) is 160 Å². The van der Waals surface area contributed by atoms with Crippen LogP contribution in [-0.4, -0.2) is 117 Å². The molecule has 0 aliphatic carbocycles. The standard InChI is InChI=1S/C65H84O15/c1-6-7-17-36-49-37-26-11-9-8-10-12-27-38-51(66)75-58-55(68-40-46-30-20-14-21-31-46)52(67-39-45-28-18-13-19-29-45)43(2)71-63(58)77-59-56(69-41-47-32-22-15-23-33-47)54-50(42-70-61(76-54)48-34-24-16-25-35-48)74-64(59)78-60-57-53(79-65(4,5)80-57)44(3)72-62(60)73-49/h8-9,13-16,18-25,28-35,43-44,49-50,52-64H,6-7,10-12,17,26-27,36-42H2,1-5H3/b9-8+/t43-,44+,49-,50+,52-,53-,54+,55+,56-,57-,58+,59+,60+,61+,62-,63-,64-/m0/s1. The van der Waals surface area contributed by atoms with E-state index < -0.39 is 110 Å². The summed E-state index contributed by atoms with van der Waals surface area (Å²) in [5, 5.41) is 0. The fraction of sp³-hybridized carbons (Fsp3) is 0.585. The number of benzene rings is 4. The summed E-state index contributed by atoms with van der Waals surface area (Å²) >= 11 is 0. The summed E-state index contributed by atoms with van der Waals surface area (Å²) in [5.74, 6) is -1.38. The molecule has 5 fully saturated rings. The minimum atomic E-state index is -1.28. The van der Waals surface area contributed by atoms with Gasteiger partial charge in [-0.2, -0.15) is 0 Å². The van der Waals surface area contributed by atoms with Crippen LogP contribution in [0.15, 0.2) is 133 Å². The van der Waals surface area contributed by atoms with Crippen molar-refractivity contribution in [2.45, 2.75) is 235 Å². The average Bonchev–Trinajstić information content (AvgIpc) is 3.92. The van der Waals surface area contributed by atoms with Gasteiger partial charge in [0.1, 0.15) is 54.9 Å². The number of carbonyl (C=O) groups is 1. The van der Waals surface area contributed by atoms with E-state index in [1.54, 1.807) is 0 Å². The molecule has 15 nitrogen and oxygen atoms in total. The third kappa shape index (κ3) is 15.4. The van der Waals surface area contributed by atoms with Gasteiger partial charge in [-0.15, -0.1) is 0 Å². The molecule has 434 valence electrons. The van der Waals surface area contributed by atoms with Crippen molar-refractivity contribution in [1.29, 1.82) is 0 Å². The molecular weight excluding hydrogens is 1020 g/mol. The molecule has 0 N–H and O–H groups in total. The Morgan fingerprint density at radius 1 is 0.525 bits per heavy atom. The van der Waals surface area contributed by atoms with Gasteiger partial charge in [-0.25, -0.2) is 0 Å². The lowest BCUT2D eigenvalue weighted by molar-refractivity contribution is -0.414. The van der Waals surface area contributed by atoms with Crippen molar-refractivity contribution in [3.05, 3.63) is 156 Å². The van der Waals surface area contributed by atoms with Crippen molar-refractivity contribution in [2.75, 3.05) is 6.61 Å². The van der Waals surface area contributed by atoms with E-state index in [1.165, 1.54) is 0 Å². The third-order valence-electron chi connectivity index (χ3n) is 15.9. The van der Waals surface area contributed by atoms with E-state index in [4.69, 9.17) is 66.3 Å². The molecule has 15 heteroatoms. The highest BCUT2D eigenvalue weighted by Crippen LogP contribution is 2.44. The van der Waals surface area contributed by atoms with Crippen molar-refractivity contribution in [3.63, 3.8) is 0 Å². The summed E-state index contributed by atoms with van der Waals surface area (Å²) in [6, 6.07) is 39.6. The van der Waals surface area contributed by atoms with Gasteiger partial charge in [-0.05, 0) is 89.3 Å². The van der Waals surface area contributed by atoms with Crippen molar-refractivity contribution >= 4 is 5.97 Å². The summed E-state index contributed by atoms with van der Waals surface area (Å²) in [6.45, 7) is 10.7. The zero-order chi connectivity index (χ0) is 55.3. The van der Waals surface area contributed by atoms with Gasteiger partial charge >= 0.3 is 5.97 Å². The second kappa shape index (κ2) is 28.7. The smallest absolute Gasteiger partial charge is 0.306 e. The normalized spacial score (nSPS) is 35.6. The fourth-order valence-electron chi connectivity index (χ4n) is 11.7. The Morgan fingerprint density at radius 3 is 1.75 bits per heavy atom. The number of unbranched alkanes of at least 4 members (excludes halogenated alkanes) is 2. The molecular formula is C65H84O15. The largest absolute Gasteiger partial charge is 0.454 e. The van der Waals surface area contributed by atoms with Crippen LogP contribution >= 0.6 is 0 Å². The molecule has 6 aliphatic rings. The molecule has 80 heavy (non-hydrogen) atoms. The highest BCUT2D eigenvalue weighted by atomic mass is 16.8. The van der Waals surface area contributed by atoms with E-state index in [-0.39, 0.29) is 39.0 Å². The summed E-state index contributed by atoms with van der Waals surface area (Å²) in [4.78, 5) is 14.5. The third-order valence-corrected chi connectivity index (χ3v) is 15.9. The minimum Gasteiger partial charge on any atom is -0.454 e. The van der Waals surface area contributed by atoms with Gasteiger partial charge in [0, 0.05) is 12.0 Å². The second-order valence-electron chi connectivity index (χ2n) is 22.5. The second-order valence-corrected chi connectivity index (χ2v) is 22.5. The summed E-state index contributed by atoms with van der Waals surface area (Å²) in [7, 11) is 0. The van der Waals surface area contributed by atoms with Gasteiger partial charge in [-0.3, -0.25) is 4.79 Å². The lowest BCUT2D eigenvalue weighted by Gasteiger charge is -2.52. The molecule has 0 amide bonds. The van der Waals surface area contributed by atoms with E-state index in [2.05, 4.69) is 19.1 Å². The Morgan fingerprint density at radius 2 is 1.09 bits per heavy atom. The first kappa shape index (κ1) is 58.8. The Hall–Kier alpha value is -4.43. The predicted octanol–water partition coefficient (Wildman–Crippen LogP) is 11.5. The molecule has 0 spiro atoms. The van der Waals surface area contributed by atoms with Crippen LogP contribution in [0.1, 0.15) is 134 Å². The SMILES string of the molecule is CCCCC[C@H]1CCC/C=C/CCCCC(=O)O[C@H]2[C@H](O[C@H]3[C@H](O[C@H]4[C@H](O1)O[C@H](C)[C@@H]1OC(C)(C)O[C@@H]14)O[C@@H]1CO[C@@H](c4ccccc4)O[C@H]1[C@@H]3OCc1ccccc1)O[C@@H](C)[C@H](OCc1ccccc1)[C@H]2OCc1ccccc1. The fourth-order valence-corrected chi connectivity index (χ4v) is 11.7. The molecule has 5 saturated heterocycles. The molecule has 0 saturated carbocycles. The number of hydrogen-bond acceptors (Lipinski definition) is 15. The topological polar surface area (TPSA) is 146 Å². The lowest BCUT2D eigenvalue weighted by Crippen LogP contribution is -2.68. The minimum absolute atomic E-state index is 0.133. The molecule has 17 atom stereocenters. The number of hydrogen-bond donors (Lipinski definition) is 0. The van der Waals surface area contributed by atoms with E-state index in [9.17, 15) is 4.79 Å². The maximum Gasteiger partial charge on any atom is 0.306 e. The molecule has 6 aliphatic heterocycles. The first-order valence-electron chi connectivity index (χ1n) is 29.5. The Kier molecular flexibility index (Phi) is 21.1. The number of fused-ring (bicyclic) bond motifs is 6. The zero-order valence-corrected chi connectivity index (χ0v) is 47.2. The maximum absolute atomic E-state index is 14.5. The number of carbonyl (C=O) groups excluding carboxylic acids is 1. The van der Waals surface area contributed by atoms with E-state index in [0.717, 1.165) is 80.0 Å². The van der Waals surface area contributed by atoms with Gasteiger partial charge in [0.2, 0.25) is 0 Å². The first-order valence-corrected chi connectivity index (χ1v) is 29.5. The summed E-state index contributed by atoms with van der Waals surface area (Å²) in [6.07, 6.45) is -0.139. The monoisotopic (exact) mass is 1100 g/mol. The van der Waals surface area contributed by atoms with Crippen molar-refractivity contribution in [3.8, 4) is 0 Å². The predicted molar refractivity (Wildman–Crippen MR) is 296 cm³/mol. The number of ether oxygens (including phenoxy) is 14. The van der Waals surface area contributed by atoms with Crippen LogP contribution in [0, 0.1) is 0 Å². The van der Waals surface area contributed by atoms with Crippen molar-refractivity contribution in [2.24, 2.45) is 0 Å². The molecule has 0 unspecified atom stereocenters. The van der Waals surface area contributed by atoms with Crippen LogP contribution in [0.25, 0.3) is 0 Å². The molecule has 0 bridgehead atoms. The number of allylic oxidation sites excluding steroid dienone is 2. The number of esters is 1. The maximum atomic E-state index is 14.5. The van der Waals surface area contributed by atoms with Gasteiger partial charge < -0.3 is 66.3 Å². The van der Waals surface area contributed by atoms with Crippen LogP contribution in [0.2, 0.25) is 0 Å². The highest BCUT2D eigenvalue weighted by molar-refractivity contribution is 5.69. The molecule has 0 radical (unpaired) electrons. The Labute approximate surface area is 473 Å². The summed E-state index contributed by atoms with van der Waals surface area (Å²) < 4.78 is 97.8. The molecule has 4 aromatic rings. The summed E-state index contributed by atoms with van der Waals surface area (Å²) in [5.41, 5.74) is 3.66. The molecule has 4 aromatic carbocycles. The van der Waals surface area contributed by atoms with E-state index in [0.29, 0.717) is 6.42 Å². The van der Waals surface area contributed by atoms with Crippen LogP contribution in [0.5, 0.6) is 0 Å². The van der Waals surface area contributed by atoms with Gasteiger partial charge in [0.25, 0.3) is 0 Å².